The topological polar surface area (TPSA) is 51.8 Å². The number of rotatable bonds is 2. The number of halogens is 2. The van der Waals surface area contributed by atoms with Gasteiger partial charge in [0.25, 0.3) is 0 Å². The molecule has 5 heteroatoms. The molecule has 0 spiro atoms. The summed E-state index contributed by atoms with van der Waals surface area (Å²) in [6.45, 7) is 0.533. The Morgan fingerprint density at radius 1 is 1.20 bits per heavy atom. The lowest BCUT2D eigenvalue weighted by molar-refractivity contribution is 0.926. The van der Waals surface area contributed by atoms with Gasteiger partial charge in [0.05, 0.1) is 11.2 Å². The van der Waals surface area contributed by atoms with Crippen LogP contribution in [-0.2, 0) is 6.42 Å². The van der Waals surface area contributed by atoms with Gasteiger partial charge in [-0.2, -0.15) is 0 Å². The summed E-state index contributed by atoms with van der Waals surface area (Å²) < 4.78 is 0. The summed E-state index contributed by atoms with van der Waals surface area (Å²) in [5.41, 5.74) is 7.12. The molecular weight excluding hydrogens is 233 g/mol. The summed E-state index contributed by atoms with van der Waals surface area (Å²) in [4.78, 5) is 8.26. The Morgan fingerprint density at radius 2 is 2.00 bits per heavy atom. The van der Waals surface area contributed by atoms with Crippen LogP contribution in [0.1, 0.15) is 5.69 Å². The van der Waals surface area contributed by atoms with E-state index in [1.165, 1.54) is 0 Å². The van der Waals surface area contributed by atoms with E-state index in [0.29, 0.717) is 18.0 Å². The molecule has 2 rings (SSSR count). The lowest BCUT2D eigenvalue weighted by atomic mass is 10.1. The summed E-state index contributed by atoms with van der Waals surface area (Å²) in [6.07, 6.45) is 0.681. The average molecular weight is 242 g/mol. The Kier molecular flexibility index (Phi) is 3.05. The molecule has 0 amide bonds. The van der Waals surface area contributed by atoms with E-state index in [-0.39, 0.29) is 5.28 Å². The van der Waals surface area contributed by atoms with Crippen molar-refractivity contribution in [2.45, 2.75) is 6.42 Å². The fourth-order valence-corrected chi connectivity index (χ4v) is 1.82. The minimum absolute atomic E-state index is 0.230. The Morgan fingerprint density at radius 3 is 2.73 bits per heavy atom. The van der Waals surface area contributed by atoms with Crippen LogP contribution >= 0.6 is 23.2 Å². The molecule has 0 aliphatic carbocycles. The highest BCUT2D eigenvalue weighted by Gasteiger charge is 2.06. The molecule has 0 saturated carbocycles. The zero-order chi connectivity index (χ0) is 10.8. The van der Waals surface area contributed by atoms with E-state index in [2.05, 4.69) is 9.97 Å². The van der Waals surface area contributed by atoms with Gasteiger partial charge in [-0.15, -0.1) is 0 Å². The predicted molar refractivity (Wildman–Crippen MR) is 62.3 cm³/mol. The van der Waals surface area contributed by atoms with E-state index in [1.807, 2.05) is 6.07 Å². The molecule has 0 aliphatic rings. The van der Waals surface area contributed by atoms with Crippen molar-refractivity contribution in [1.29, 1.82) is 0 Å². The molecule has 0 bridgehead atoms. The molecule has 1 aromatic heterocycles. The zero-order valence-corrected chi connectivity index (χ0v) is 9.39. The molecular formula is C10H9Cl2N3. The second-order valence-electron chi connectivity index (χ2n) is 3.14. The molecule has 0 radical (unpaired) electrons. The number of nitrogens with two attached hydrogens (primary N) is 1. The number of aromatic nitrogens is 2. The van der Waals surface area contributed by atoms with E-state index >= 15 is 0 Å². The first-order valence-electron chi connectivity index (χ1n) is 4.52. The number of nitrogens with zero attached hydrogens (tertiary/aromatic N) is 2. The van der Waals surface area contributed by atoms with Gasteiger partial charge >= 0.3 is 0 Å². The average Bonchev–Trinajstić information content (AvgIpc) is 2.17. The van der Waals surface area contributed by atoms with E-state index in [4.69, 9.17) is 28.9 Å². The van der Waals surface area contributed by atoms with Crippen LogP contribution < -0.4 is 5.73 Å². The lowest BCUT2D eigenvalue weighted by Gasteiger charge is -2.04. The zero-order valence-electron chi connectivity index (χ0n) is 7.87. The summed E-state index contributed by atoms with van der Waals surface area (Å²) in [5.74, 6) is 0. The molecule has 3 nitrogen and oxygen atoms in total. The summed E-state index contributed by atoms with van der Waals surface area (Å²) in [7, 11) is 0. The summed E-state index contributed by atoms with van der Waals surface area (Å²) in [5, 5.41) is 1.82. The molecule has 2 N–H and O–H groups in total. The highest BCUT2D eigenvalue weighted by atomic mass is 35.5. The highest BCUT2D eigenvalue weighted by molar-refractivity contribution is 6.31. The standard InChI is InChI=1S/C10H9Cl2N3/c11-6-1-2-7-8(3-4-13)14-10(12)15-9(7)5-6/h1-2,5H,3-4,13H2. The van der Waals surface area contributed by atoms with Crippen molar-refractivity contribution < 1.29 is 0 Å². The van der Waals surface area contributed by atoms with Gasteiger partial charge in [0.15, 0.2) is 0 Å². The van der Waals surface area contributed by atoms with Crippen LogP contribution in [0.3, 0.4) is 0 Å². The summed E-state index contributed by atoms with van der Waals surface area (Å²) in [6, 6.07) is 5.46. The van der Waals surface area contributed by atoms with Gasteiger partial charge in [-0.05, 0) is 36.3 Å². The van der Waals surface area contributed by atoms with Crippen LogP contribution in [0.2, 0.25) is 10.3 Å². The second kappa shape index (κ2) is 4.31. The molecule has 0 fully saturated rings. The molecule has 0 atom stereocenters. The first-order valence-corrected chi connectivity index (χ1v) is 5.28. The maximum Gasteiger partial charge on any atom is 0.223 e. The molecule has 1 heterocycles. The monoisotopic (exact) mass is 241 g/mol. The second-order valence-corrected chi connectivity index (χ2v) is 3.91. The van der Waals surface area contributed by atoms with E-state index in [1.54, 1.807) is 12.1 Å². The number of fused-ring (bicyclic) bond motifs is 1. The minimum atomic E-state index is 0.230. The number of hydrogen-bond donors (Lipinski definition) is 1. The first kappa shape index (κ1) is 10.6. The van der Waals surface area contributed by atoms with Crippen molar-refractivity contribution in [2.75, 3.05) is 6.54 Å². The Hall–Kier alpha value is -0.900. The third-order valence-corrected chi connectivity index (χ3v) is 2.50. The lowest BCUT2D eigenvalue weighted by Crippen LogP contribution is -2.05. The summed E-state index contributed by atoms with van der Waals surface area (Å²) >= 11 is 11.7. The van der Waals surface area contributed by atoms with Gasteiger partial charge < -0.3 is 5.73 Å². The van der Waals surface area contributed by atoms with Crippen LogP contribution in [0.15, 0.2) is 18.2 Å². The molecule has 1 aromatic carbocycles. The smallest absolute Gasteiger partial charge is 0.223 e. The van der Waals surface area contributed by atoms with Crippen molar-refractivity contribution in [3.8, 4) is 0 Å². The molecule has 15 heavy (non-hydrogen) atoms. The predicted octanol–water partition coefficient (Wildman–Crippen LogP) is 2.44. The van der Waals surface area contributed by atoms with Crippen molar-refractivity contribution in [3.05, 3.63) is 34.2 Å². The molecule has 0 saturated heterocycles. The minimum Gasteiger partial charge on any atom is -0.330 e. The van der Waals surface area contributed by atoms with Crippen LogP contribution in [-0.4, -0.2) is 16.5 Å². The van der Waals surface area contributed by atoms with Gasteiger partial charge in [0.2, 0.25) is 5.28 Å². The Labute approximate surface area is 97.2 Å². The first-order chi connectivity index (χ1) is 7.20. The maximum absolute atomic E-state index is 5.87. The SMILES string of the molecule is NCCc1nc(Cl)nc2cc(Cl)ccc12. The van der Waals surface area contributed by atoms with Crippen molar-refractivity contribution in [1.82, 2.24) is 9.97 Å². The van der Waals surface area contributed by atoms with Crippen molar-refractivity contribution in [3.63, 3.8) is 0 Å². The number of hydrogen-bond acceptors (Lipinski definition) is 3. The third kappa shape index (κ3) is 2.20. The van der Waals surface area contributed by atoms with Crippen molar-refractivity contribution >= 4 is 34.1 Å². The van der Waals surface area contributed by atoms with E-state index in [0.717, 1.165) is 16.6 Å². The fraction of sp³-hybridized carbons (Fsp3) is 0.200. The number of benzene rings is 1. The normalized spacial score (nSPS) is 10.9. The van der Waals surface area contributed by atoms with Crippen molar-refractivity contribution in [2.24, 2.45) is 5.73 Å². The fourth-order valence-electron chi connectivity index (χ4n) is 1.46. The molecule has 2 aromatic rings. The molecule has 0 aliphatic heterocycles. The van der Waals surface area contributed by atoms with Gasteiger partial charge in [0, 0.05) is 16.8 Å². The van der Waals surface area contributed by atoms with E-state index < -0.39 is 0 Å². The molecule has 0 unspecified atom stereocenters. The van der Waals surface area contributed by atoms with Crippen LogP contribution in [0.4, 0.5) is 0 Å². The van der Waals surface area contributed by atoms with Gasteiger partial charge in [-0.25, -0.2) is 9.97 Å². The van der Waals surface area contributed by atoms with E-state index in [9.17, 15) is 0 Å². The van der Waals surface area contributed by atoms with Crippen LogP contribution in [0, 0.1) is 0 Å². The third-order valence-electron chi connectivity index (χ3n) is 2.09. The van der Waals surface area contributed by atoms with Gasteiger partial charge in [0.1, 0.15) is 0 Å². The van der Waals surface area contributed by atoms with Gasteiger partial charge in [-0.1, -0.05) is 11.6 Å². The van der Waals surface area contributed by atoms with Crippen LogP contribution in [0.5, 0.6) is 0 Å². The Bertz CT molecular complexity index is 494. The van der Waals surface area contributed by atoms with Crippen LogP contribution in [0.25, 0.3) is 10.9 Å². The van der Waals surface area contributed by atoms with Gasteiger partial charge in [-0.3, -0.25) is 0 Å². The quantitative estimate of drug-likeness (QED) is 0.823. The highest BCUT2D eigenvalue weighted by Crippen LogP contribution is 2.21. The maximum atomic E-state index is 5.87. The molecule has 78 valence electrons. The Balaban J connectivity index is 2.68. The largest absolute Gasteiger partial charge is 0.330 e.